The van der Waals surface area contributed by atoms with E-state index in [1.165, 1.54) is 23.1 Å². The molecule has 156 valence electrons. The molecule has 30 heavy (non-hydrogen) atoms. The number of ether oxygens (including phenoxy) is 1. The molecule has 4 amide bonds. The van der Waals surface area contributed by atoms with Crippen molar-refractivity contribution < 1.29 is 19.1 Å². The number of hydrogen-bond donors (Lipinski definition) is 1. The van der Waals surface area contributed by atoms with Crippen molar-refractivity contribution in [3.8, 4) is 0 Å². The number of urea groups is 1. The van der Waals surface area contributed by atoms with Crippen molar-refractivity contribution in [2.24, 2.45) is 0 Å². The Labute approximate surface area is 191 Å². The number of fused-ring (bicyclic) bond motifs is 1. The number of amides is 4. The van der Waals surface area contributed by atoms with E-state index in [1.807, 2.05) is 0 Å². The zero-order valence-electron chi connectivity index (χ0n) is 15.1. The van der Waals surface area contributed by atoms with Crippen LogP contribution < -0.4 is 10.2 Å². The second-order valence-corrected chi connectivity index (χ2v) is 8.37. The third kappa shape index (κ3) is 3.90. The van der Waals surface area contributed by atoms with Crippen LogP contribution >= 0.6 is 46.4 Å². The van der Waals surface area contributed by atoms with Gasteiger partial charge in [-0.05, 0) is 36.4 Å². The number of nitrogens with one attached hydrogen (secondary N) is 1. The van der Waals surface area contributed by atoms with Crippen LogP contribution in [0, 0.1) is 0 Å². The van der Waals surface area contributed by atoms with Crippen LogP contribution in [0.2, 0.25) is 20.1 Å². The average Bonchev–Trinajstić information content (AvgIpc) is 3.19. The molecule has 1 N–H and O–H groups in total. The highest BCUT2D eigenvalue weighted by molar-refractivity contribution is 6.42. The van der Waals surface area contributed by atoms with Gasteiger partial charge in [0.25, 0.3) is 5.91 Å². The lowest BCUT2D eigenvalue weighted by Gasteiger charge is -2.18. The Kier molecular flexibility index (Phi) is 5.72. The van der Waals surface area contributed by atoms with Crippen molar-refractivity contribution >= 4 is 75.8 Å². The first-order valence-corrected chi connectivity index (χ1v) is 10.3. The summed E-state index contributed by atoms with van der Waals surface area (Å²) in [7, 11) is 0. The summed E-state index contributed by atoms with van der Waals surface area (Å²) in [5, 5.41) is 3.74. The minimum absolute atomic E-state index is 0.0991. The molecule has 7 nitrogen and oxygen atoms in total. The van der Waals surface area contributed by atoms with Crippen LogP contribution in [0.4, 0.5) is 21.0 Å². The first-order chi connectivity index (χ1) is 14.2. The van der Waals surface area contributed by atoms with Gasteiger partial charge in [0.2, 0.25) is 0 Å². The fourth-order valence-electron chi connectivity index (χ4n) is 3.43. The largest absolute Gasteiger partial charge is 0.444 e. The molecule has 2 aliphatic rings. The van der Waals surface area contributed by atoms with E-state index in [-0.39, 0.29) is 23.0 Å². The zero-order valence-corrected chi connectivity index (χ0v) is 18.1. The van der Waals surface area contributed by atoms with Crippen molar-refractivity contribution in [2.75, 3.05) is 16.8 Å². The van der Waals surface area contributed by atoms with E-state index in [0.29, 0.717) is 21.4 Å². The topological polar surface area (TPSA) is 79.0 Å². The van der Waals surface area contributed by atoms with Gasteiger partial charge < -0.3 is 9.64 Å². The molecule has 4 rings (SSSR count). The molecule has 0 saturated carbocycles. The molecule has 2 heterocycles. The second-order valence-electron chi connectivity index (χ2n) is 6.74. The first-order valence-electron chi connectivity index (χ1n) is 8.77. The van der Waals surface area contributed by atoms with Crippen LogP contribution in [-0.4, -0.2) is 41.6 Å². The number of carbonyl (C=O) groups is 3. The van der Waals surface area contributed by atoms with Gasteiger partial charge in [-0.1, -0.05) is 46.4 Å². The molecular weight excluding hydrogens is 476 g/mol. The normalized spacial score (nSPS) is 20.5. The van der Waals surface area contributed by atoms with Gasteiger partial charge in [-0.3, -0.25) is 10.1 Å². The summed E-state index contributed by atoms with van der Waals surface area (Å²) in [6.07, 6.45) is -1.15. The van der Waals surface area contributed by atoms with Crippen LogP contribution in [0.3, 0.4) is 0 Å². The monoisotopic (exact) mass is 487 g/mol. The lowest BCUT2D eigenvalue weighted by Crippen LogP contribution is -2.36. The third-order valence-corrected chi connectivity index (χ3v) is 6.28. The smallest absolute Gasteiger partial charge is 0.411 e. The summed E-state index contributed by atoms with van der Waals surface area (Å²) in [6, 6.07) is 7.91. The van der Waals surface area contributed by atoms with E-state index >= 15 is 0 Å². The Bertz CT molecular complexity index is 1040. The number of imide groups is 1. The molecule has 2 atom stereocenters. The number of anilines is 2. The van der Waals surface area contributed by atoms with Crippen molar-refractivity contribution in [1.29, 1.82) is 0 Å². The summed E-state index contributed by atoms with van der Waals surface area (Å²) in [4.78, 5) is 40.1. The number of rotatable bonds is 3. The minimum Gasteiger partial charge on any atom is -0.444 e. The second kappa shape index (κ2) is 8.15. The van der Waals surface area contributed by atoms with Crippen LogP contribution in [-0.2, 0) is 9.53 Å². The maximum absolute atomic E-state index is 12.8. The fourth-order valence-corrected chi connectivity index (χ4v) is 4.02. The summed E-state index contributed by atoms with van der Waals surface area (Å²) >= 11 is 23.7. The Hall–Kier alpha value is -2.19. The van der Waals surface area contributed by atoms with Gasteiger partial charge in [-0.2, -0.15) is 0 Å². The summed E-state index contributed by atoms with van der Waals surface area (Å²) < 4.78 is 5.36. The Morgan fingerprint density at radius 3 is 2.27 bits per heavy atom. The van der Waals surface area contributed by atoms with Crippen LogP contribution in [0.15, 0.2) is 36.4 Å². The SMILES string of the molecule is O=C(Nc1ccc(Cl)c(Cl)c1)O[C@@H]1C[C@H]2C(=O)N(c3ccc(Cl)c(Cl)c3)C(=O)N2C1. The van der Waals surface area contributed by atoms with Crippen LogP contribution in [0.25, 0.3) is 0 Å². The maximum Gasteiger partial charge on any atom is 0.411 e. The number of benzene rings is 2. The maximum atomic E-state index is 12.8. The lowest BCUT2D eigenvalue weighted by molar-refractivity contribution is -0.119. The van der Waals surface area contributed by atoms with Gasteiger partial charge in [0.05, 0.1) is 32.3 Å². The van der Waals surface area contributed by atoms with E-state index in [2.05, 4.69) is 5.32 Å². The summed E-state index contributed by atoms with van der Waals surface area (Å²) in [5.41, 5.74) is 0.745. The number of hydrogen-bond acceptors (Lipinski definition) is 4. The molecule has 2 aromatic rings. The van der Waals surface area contributed by atoms with Gasteiger partial charge in [-0.25, -0.2) is 14.5 Å². The Morgan fingerprint density at radius 2 is 1.63 bits per heavy atom. The lowest BCUT2D eigenvalue weighted by atomic mass is 10.2. The van der Waals surface area contributed by atoms with Crippen molar-refractivity contribution in [2.45, 2.75) is 18.6 Å². The molecule has 2 aliphatic heterocycles. The van der Waals surface area contributed by atoms with Crippen molar-refractivity contribution in [3.05, 3.63) is 56.5 Å². The summed E-state index contributed by atoms with van der Waals surface area (Å²) in [5.74, 6) is -0.408. The standard InChI is InChI=1S/C19H13Cl4N3O4/c20-12-3-1-9(5-14(12)22)24-18(28)30-11-7-16-17(27)26(19(29)25(16)8-11)10-2-4-13(21)15(23)6-10/h1-6,11,16H,7-8H2,(H,24,28)/t11-,16+/m1/s1. The van der Waals surface area contributed by atoms with Crippen LogP contribution in [0.5, 0.6) is 0 Å². The highest BCUT2D eigenvalue weighted by atomic mass is 35.5. The van der Waals surface area contributed by atoms with E-state index in [0.717, 1.165) is 4.90 Å². The predicted octanol–water partition coefficient (Wildman–Crippen LogP) is 5.46. The molecule has 2 aromatic carbocycles. The first kappa shape index (κ1) is 21.1. The zero-order chi connectivity index (χ0) is 21.6. The fraction of sp³-hybridized carbons (Fsp3) is 0.211. The van der Waals surface area contributed by atoms with Crippen molar-refractivity contribution in [1.82, 2.24) is 4.90 Å². The molecule has 0 bridgehead atoms. The molecule has 0 radical (unpaired) electrons. The molecule has 11 heteroatoms. The van der Waals surface area contributed by atoms with Gasteiger partial charge in [0.1, 0.15) is 12.1 Å². The third-order valence-electron chi connectivity index (χ3n) is 4.81. The molecule has 0 aliphatic carbocycles. The van der Waals surface area contributed by atoms with Gasteiger partial charge >= 0.3 is 12.1 Å². The molecule has 0 aromatic heterocycles. The average molecular weight is 489 g/mol. The van der Waals surface area contributed by atoms with E-state index in [4.69, 9.17) is 51.1 Å². The van der Waals surface area contributed by atoms with Crippen molar-refractivity contribution in [3.63, 3.8) is 0 Å². The number of halogens is 4. The van der Waals surface area contributed by atoms with E-state index in [9.17, 15) is 14.4 Å². The van der Waals surface area contributed by atoms with E-state index in [1.54, 1.807) is 18.2 Å². The highest BCUT2D eigenvalue weighted by Crippen LogP contribution is 2.35. The van der Waals surface area contributed by atoms with Gasteiger partial charge in [0.15, 0.2) is 0 Å². The highest BCUT2D eigenvalue weighted by Gasteiger charge is 2.52. The van der Waals surface area contributed by atoms with Gasteiger partial charge in [-0.15, -0.1) is 0 Å². The molecule has 0 spiro atoms. The minimum atomic E-state index is -0.721. The molecule has 2 fully saturated rings. The molecule has 0 unspecified atom stereocenters. The number of nitrogens with zero attached hydrogens (tertiary/aromatic N) is 2. The Morgan fingerprint density at radius 1 is 0.967 bits per heavy atom. The van der Waals surface area contributed by atoms with E-state index < -0.39 is 30.2 Å². The molecular formula is C19H13Cl4N3O4. The van der Waals surface area contributed by atoms with Gasteiger partial charge in [0, 0.05) is 12.1 Å². The quantitative estimate of drug-likeness (QED) is 0.582. The van der Waals surface area contributed by atoms with Crippen LogP contribution in [0.1, 0.15) is 6.42 Å². The predicted molar refractivity (Wildman–Crippen MR) is 115 cm³/mol. The molecule has 2 saturated heterocycles. The summed E-state index contributed by atoms with van der Waals surface area (Å²) in [6.45, 7) is 0.0991. The number of carbonyl (C=O) groups excluding carboxylic acids is 3. The Balaban J connectivity index is 1.40.